The minimum Gasteiger partial charge on any atom is -0.489 e. The normalized spacial score (nSPS) is 10.7. The van der Waals surface area contributed by atoms with Crippen molar-refractivity contribution in [3.8, 4) is 5.75 Å². The van der Waals surface area contributed by atoms with Gasteiger partial charge < -0.3 is 18.9 Å². The molecule has 0 aliphatic rings. The van der Waals surface area contributed by atoms with Gasteiger partial charge in [0, 0.05) is 17.1 Å². The molecule has 0 N–H and O–H groups in total. The van der Waals surface area contributed by atoms with Crippen LogP contribution in [0.15, 0.2) is 54.7 Å². The molecule has 0 unspecified atom stereocenters. The van der Waals surface area contributed by atoms with Crippen LogP contribution in [0.1, 0.15) is 17.0 Å². The fraction of sp³-hybridized carbons (Fsp3) is 0.227. The SMILES string of the molecule is COC(=O)C(C(=O)OC)c1cn(C(=O)OC)c2ccc(OCc3ccccc3)cc12. The van der Waals surface area contributed by atoms with Crippen LogP contribution in [0.25, 0.3) is 10.9 Å². The molecule has 0 spiro atoms. The summed E-state index contributed by atoms with van der Waals surface area (Å²) >= 11 is 0. The van der Waals surface area contributed by atoms with Gasteiger partial charge in [-0.3, -0.25) is 14.2 Å². The summed E-state index contributed by atoms with van der Waals surface area (Å²) < 4.78 is 21.4. The maximum absolute atomic E-state index is 12.3. The van der Waals surface area contributed by atoms with Crippen molar-refractivity contribution in [3.63, 3.8) is 0 Å². The van der Waals surface area contributed by atoms with Crippen molar-refractivity contribution in [2.75, 3.05) is 21.3 Å². The van der Waals surface area contributed by atoms with Crippen LogP contribution in [0.4, 0.5) is 4.79 Å². The van der Waals surface area contributed by atoms with Crippen LogP contribution >= 0.6 is 0 Å². The van der Waals surface area contributed by atoms with Crippen molar-refractivity contribution in [2.24, 2.45) is 0 Å². The molecule has 1 heterocycles. The number of fused-ring (bicyclic) bond motifs is 1. The molecule has 0 aliphatic carbocycles. The van der Waals surface area contributed by atoms with Gasteiger partial charge in [0.15, 0.2) is 5.92 Å². The number of rotatable bonds is 6. The Hall–Kier alpha value is -3.81. The van der Waals surface area contributed by atoms with Gasteiger partial charge in [-0.2, -0.15) is 0 Å². The molecule has 1 aromatic heterocycles. The summed E-state index contributed by atoms with van der Waals surface area (Å²) in [6.45, 7) is 0.330. The van der Waals surface area contributed by atoms with Crippen LogP contribution in [0, 0.1) is 0 Å². The van der Waals surface area contributed by atoms with Crippen LogP contribution in [-0.2, 0) is 30.4 Å². The largest absolute Gasteiger partial charge is 0.489 e. The first-order valence-corrected chi connectivity index (χ1v) is 9.05. The van der Waals surface area contributed by atoms with Gasteiger partial charge in [0.1, 0.15) is 12.4 Å². The number of methoxy groups -OCH3 is 3. The van der Waals surface area contributed by atoms with Gasteiger partial charge in [0.05, 0.1) is 26.8 Å². The monoisotopic (exact) mass is 411 g/mol. The quantitative estimate of drug-likeness (QED) is 0.349. The Balaban J connectivity index is 2.08. The summed E-state index contributed by atoms with van der Waals surface area (Å²) in [5.41, 5.74) is 1.67. The average molecular weight is 411 g/mol. The molecule has 30 heavy (non-hydrogen) atoms. The highest BCUT2D eigenvalue weighted by atomic mass is 16.5. The summed E-state index contributed by atoms with van der Waals surface area (Å²) in [5.74, 6) is -2.47. The number of hydrogen-bond acceptors (Lipinski definition) is 7. The summed E-state index contributed by atoms with van der Waals surface area (Å²) in [7, 11) is 3.58. The predicted molar refractivity (Wildman–Crippen MR) is 107 cm³/mol. The topological polar surface area (TPSA) is 93.1 Å². The highest BCUT2D eigenvalue weighted by molar-refractivity contribution is 6.06. The fourth-order valence-electron chi connectivity index (χ4n) is 3.13. The number of benzene rings is 2. The van der Waals surface area contributed by atoms with E-state index in [9.17, 15) is 14.4 Å². The minimum absolute atomic E-state index is 0.249. The van der Waals surface area contributed by atoms with Gasteiger partial charge in [0.2, 0.25) is 0 Å². The third kappa shape index (κ3) is 4.12. The van der Waals surface area contributed by atoms with E-state index in [1.807, 2.05) is 30.3 Å². The van der Waals surface area contributed by atoms with E-state index in [0.717, 1.165) is 5.56 Å². The van der Waals surface area contributed by atoms with E-state index in [2.05, 4.69) is 0 Å². The van der Waals surface area contributed by atoms with E-state index in [0.29, 0.717) is 23.3 Å². The molecule has 0 bridgehead atoms. The molecule has 0 radical (unpaired) electrons. The average Bonchev–Trinajstić information content (AvgIpc) is 3.16. The fourth-order valence-corrected chi connectivity index (χ4v) is 3.13. The van der Waals surface area contributed by atoms with E-state index in [-0.39, 0.29) is 5.56 Å². The zero-order valence-electron chi connectivity index (χ0n) is 16.8. The Labute approximate surface area is 172 Å². The van der Waals surface area contributed by atoms with E-state index in [4.69, 9.17) is 18.9 Å². The second-order valence-electron chi connectivity index (χ2n) is 6.36. The highest BCUT2D eigenvalue weighted by Gasteiger charge is 2.34. The van der Waals surface area contributed by atoms with E-state index < -0.39 is 23.9 Å². The number of nitrogens with zero attached hydrogens (tertiary/aromatic N) is 1. The molecular formula is C22H21NO7. The molecule has 0 saturated heterocycles. The molecule has 3 aromatic rings. The molecule has 0 saturated carbocycles. The molecule has 8 heteroatoms. The third-order valence-corrected chi connectivity index (χ3v) is 4.61. The number of carbonyl (C=O) groups excluding carboxylic acids is 3. The lowest BCUT2D eigenvalue weighted by Crippen LogP contribution is -2.24. The Morgan fingerprint density at radius 2 is 1.57 bits per heavy atom. The van der Waals surface area contributed by atoms with Crippen LogP contribution < -0.4 is 4.74 Å². The number of esters is 2. The van der Waals surface area contributed by atoms with Crippen LogP contribution in [-0.4, -0.2) is 43.9 Å². The van der Waals surface area contributed by atoms with E-state index >= 15 is 0 Å². The maximum Gasteiger partial charge on any atom is 0.418 e. The van der Waals surface area contributed by atoms with Crippen LogP contribution in [0.3, 0.4) is 0 Å². The molecule has 0 fully saturated rings. The zero-order valence-corrected chi connectivity index (χ0v) is 16.8. The summed E-state index contributed by atoms with van der Waals surface area (Å²) in [4.78, 5) is 36.9. The molecule has 156 valence electrons. The van der Waals surface area contributed by atoms with Gasteiger partial charge in [-0.1, -0.05) is 30.3 Å². The predicted octanol–water partition coefficient (Wildman–Crippen LogP) is 3.26. The Bertz CT molecular complexity index is 1060. The molecule has 8 nitrogen and oxygen atoms in total. The van der Waals surface area contributed by atoms with Gasteiger partial charge in [0.25, 0.3) is 0 Å². The Morgan fingerprint density at radius 3 is 2.17 bits per heavy atom. The molecule has 2 aromatic carbocycles. The van der Waals surface area contributed by atoms with Gasteiger partial charge in [-0.15, -0.1) is 0 Å². The lowest BCUT2D eigenvalue weighted by molar-refractivity contribution is -0.154. The van der Waals surface area contributed by atoms with E-state index in [1.54, 1.807) is 18.2 Å². The lowest BCUT2D eigenvalue weighted by Gasteiger charge is -2.12. The van der Waals surface area contributed by atoms with Crippen molar-refractivity contribution in [2.45, 2.75) is 12.5 Å². The zero-order chi connectivity index (χ0) is 21.7. The lowest BCUT2D eigenvalue weighted by atomic mass is 9.98. The Kier molecular flexibility index (Phi) is 6.36. The van der Waals surface area contributed by atoms with E-state index in [1.165, 1.54) is 32.1 Å². The summed E-state index contributed by atoms with van der Waals surface area (Å²) in [5, 5.41) is 0.465. The molecule has 3 rings (SSSR count). The molecule has 0 amide bonds. The van der Waals surface area contributed by atoms with Crippen molar-refractivity contribution in [1.82, 2.24) is 4.57 Å². The minimum atomic E-state index is -1.36. The second kappa shape index (κ2) is 9.13. The highest BCUT2D eigenvalue weighted by Crippen LogP contribution is 2.33. The number of aromatic nitrogens is 1. The second-order valence-corrected chi connectivity index (χ2v) is 6.36. The first-order chi connectivity index (χ1) is 14.5. The first kappa shape index (κ1) is 20.9. The molecular weight excluding hydrogens is 390 g/mol. The van der Waals surface area contributed by atoms with Crippen LogP contribution in [0.5, 0.6) is 5.75 Å². The standard InChI is InChI=1S/C22H21NO7/c1-27-20(24)19(21(25)28-2)17-12-23(22(26)29-3)18-10-9-15(11-16(17)18)30-13-14-7-5-4-6-8-14/h4-12,19H,13H2,1-3H3. The van der Waals surface area contributed by atoms with Crippen molar-refractivity contribution in [3.05, 3.63) is 65.9 Å². The third-order valence-electron chi connectivity index (χ3n) is 4.61. The van der Waals surface area contributed by atoms with Crippen LogP contribution in [0.2, 0.25) is 0 Å². The van der Waals surface area contributed by atoms with Crippen molar-refractivity contribution < 1.29 is 33.3 Å². The Morgan fingerprint density at radius 1 is 0.900 bits per heavy atom. The van der Waals surface area contributed by atoms with Gasteiger partial charge >= 0.3 is 18.0 Å². The smallest absolute Gasteiger partial charge is 0.418 e. The van der Waals surface area contributed by atoms with Gasteiger partial charge in [-0.05, 0) is 23.8 Å². The van der Waals surface area contributed by atoms with Gasteiger partial charge in [-0.25, -0.2) is 4.79 Å². The molecule has 0 atom stereocenters. The summed E-state index contributed by atoms with van der Waals surface area (Å²) in [6, 6.07) is 14.6. The van der Waals surface area contributed by atoms with Crippen molar-refractivity contribution >= 4 is 28.9 Å². The first-order valence-electron chi connectivity index (χ1n) is 9.05. The van der Waals surface area contributed by atoms with Crippen molar-refractivity contribution in [1.29, 1.82) is 0 Å². The molecule has 0 aliphatic heterocycles. The summed E-state index contributed by atoms with van der Waals surface area (Å²) in [6.07, 6.45) is 0.702. The number of carbonyl (C=O) groups is 3. The number of hydrogen-bond donors (Lipinski definition) is 0. The maximum atomic E-state index is 12.3. The number of ether oxygens (including phenoxy) is 4.